The lowest BCUT2D eigenvalue weighted by molar-refractivity contribution is -0.339. The zero-order valence-corrected chi connectivity index (χ0v) is 12.8. The van der Waals surface area contributed by atoms with E-state index < -0.39 is 55.6 Å². The molecule has 9 atom stereocenters. The van der Waals surface area contributed by atoms with E-state index in [0.717, 1.165) is 0 Å². The fourth-order valence-electron chi connectivity index (χ4n) is 3.38. The molecule has 0 unspecified atom stereocenters. The van der Waals surface area contributed by atoms with E-state index in [2.05, 4.69) is 0 Å². The molecule has 1 saturated heterocycles. The normalized spacial score (nSPS) is 47.9. The second kappa shape index (κ2) is 7.06. The largest absolute Gasteiger partial charge is 0.472 e. The summed E-state index contributed by atoms with van der Waals surface area (Å²) in [6, 6.07) is 0. The van der Waals surface area contributed by atoms with Gasteiger partial charge in [-0.05, 0) is 11.6 Å². The summed E-state index contributed by atoms with van der Waals surface area (Å²) in [5.74, 6) is -0.835. The molecule has 0 saturated carbocycles. The molecule has 2 aliphatic heterocycles. The smallest absolute Gasteiger partial charge is 0.209 e. The van der Waals surface area contributed by atoms with Crippen LogP contribution in [0.4, 0.5) is 0 Å². The molecule has 136 valence electrons. The van der Waals surface area contributed by atoms with E-state index in [1.54, 1.807) is 6.08 Å². The molecule has 0 amide bonds. The average molecular weight is 346 g/mol. The van der Waals surface area contributed by atoms with Crippen molar-refractivity contribution in [3.8, 4) is 0 Å². The van der Waals surface area contributed by atoms with Crippen molar-refractivity contribution in [1.82, 2.24) is 0 Å². The Balaban J connectivity index is 1.75. The van der Waals surface area contributed by atoms with Crippen LogP contribution in [0, 0.1) is 11.8 Å². The van der Waals surface area contributed by atoms with Crippen LogP contribution in [0.25, 0.3) is 0 Å². The van der Waals surface area contributed by atoms with Gasteiger partial charge in [0.2, 0.25) is 6.29 Å². The molecule has 9 heteroatoms. The fourth-order valence-corrected chi connectivity index (χ4v) is 3.38. The van der Waals surface area contributed by atoms with Crippen LogP contribution in [0.3, 0.4) is 0 Å². The van der Waals surface area contributed by atoms with Gasteiger partial charge in [-0.3, -0.25) is 0 Å². The van der Waals surface area contributed by atoms with Gasteiger partial charge in [0.25, 0.3) is 0 Å². The third-order valence-corrected chi connectivity index (χ3v) is 4.73. The summed E-state index contributed by atoms with van der Waals surface area (Å²) in [7, 11) is 0. The number of ether oxygens (including phenoxy) is 3. The van der Waals surface area contributed by atoms with Crippen LogP contribution in [0.15, 0.2) is 24.0 Å². The second-order valence-electron chi connectivity index (χ2n) is 6.16. The van der Waals surface area contributed by atoms with Crippen molar-refractivity contribution in [2.24, 2.45) is 11.8 Å². The van der Waals surface area contributed by atoms with E-state index in [1.165, 1.54) is 12.3 Å². The molecule has 0 aromatic heterocycles. The predicted molar refractivity (Wildman–Crippen MR) is 77.0 cm³/mol. The minimum absolute atomic E-state index is 0.288. The molecule has 1 fully saturated rings. The van der Waals surface area contributed by atoms with E-state index in [0.29, 0.717) is 5.57 Å². The summed E-state index contributed by atoms with van der Waals surface area (Å²) in [4.78, 5) is 0. The third kappa shape index (κ3) is 2.98. The zero-order valence-electron chi connectivity index (χ0n) is 12.8. The Labute approximate surface area is 138 Å². The van der Waals surface area contributed by atoms with Gasteiger partial charge in [-0.15, -0.1) is 0 Å². The fraction of sp³-hybridized carbons (Fsp3) is 0.733. The number of fused-ring (bicyclic) bond motifs is 1. The number of hydrogen-bond acceptors (Lipinski definition) is 9. The molecular formula is C15H22O9. The van der Waals surface area contributed by atoms with Gasteiger partial charge in [-0.25, -0.2) is 0 Å². The molecule has 0 spiro atoms. The van der Waals surface area contributed by atoms with Crippen LogP contribution in [-0.4, -0.2) is 87.0 Å². The molecule has 9 nitrogen and oxygen atoms in total. The first-order valence-electron chi connectivity index (χ1n) is 7.75. The van der Waals surface area contributed by atoms with Crippen molar-refractivity contribution in [2.75, 3.05) is 13.2 Å². The summed E-state index contributed by atoms with van der Waals surface area (Å²) < 4.78 is 16.3. The monoisotopic (exact) mass is 346 g/mol. The molecule has 0 aromatic rings. The van der Waals surface area contributed by atoms with Gasteiger partial charge in [-0.1, -0.05) is 6.08 Å². The van der Waals surface area contributed by atoms with Gasteiger partial charge in [0, 0.05) is 5.92 Å². The van der Waals surface area contributed by atoms with Crippen LogP contribution in [-0.2, 0) is 14.2 Å². The average Bonchev–Trinajstić information content (AvgIpc) is 2.92. The molecule has 6 N–H and O–H groups in total. The van der Waals surface area contributed by atoms with Gasteiger partial charge in [0.1, 0.15) is 24.4 Å². The number of hydrogen-bond donors (Lipinski definition) is 6. The Morgan fingerprint density at radius 1 is 1.00 bits per heavy atom. The maximum absolute atomic E-state index is 10.0. The van der Waals surface area contributed by atoms with Crippen molar-refractivity contribution in [3.05, 3.63) is 24.0 Å². The van der Waals surface area contributed by atoms with E-state index in [9.17, 15) is 30.6 Å². The van der Waals surface area contributed by atoms with Crippen molar-refractivity contribution in [1.29, 1.82) is 0 Å². The molecule has 0 radical (unpaired) electrons. The third-order valence-electron chi connectivity index (χ3n) is 4.73. The topological polar surface area (TPSA) is 149 Å². The van der Waals surface area contributed by atoms with Gasteiger partial charge >= 0.3 is 0 Å². The highest BCUT2D eigenvalue weighted by Gasteiger charge is 2.49. The Morgan fingerprint density at radius 3 is 2.42 bits per heavy atom. The van der Waals surface area contributed by atoms with E-state index >= 15 is 0 Å². The number of rotatable bonds is 4. The Bertz CT molecular complexity index is 505. The molecule has 3 aliphatic rings. The summed E-state index contributed by atoms with van der Waals surface area (Å²) in [6.45, 7) is -0.854. The predicted octanol–water partition coefficient (Wildman–Crippen LogP) is -2.80. The zero-order chi connectivity index (χ0) is 17.4. The highest BCUT2D eigenvalue weighted by atomic mass is 16.8. The van der Waals surface area contributed by atoms with E-state index in [4.69, 9.17) is 14.2 Å². The van der Waals surface area contributed by atoms with Crippen LogP contribution in [0.1, 0.15) is 0 Å². The number of aliphatic hydroxyl groups excluding tert-OH is 6. The van der Waals surface area contributed by atoms with E-state index in [-0.39, 0.29) is 12.5 Å². The Morgan fingerprint density at radius 2 is 1.75 bits per heavy atom. The summed E-state index contributed by atoms with van der Waals surface area (Å²) in [5.41, 5.74) is 0.534. The summed E-state index contributed by atoms with van der Waals surface area (Å²) in [6.07, 6.45) is -4.27. The SMILES string of the molecule is OCC1=C[C@@H](O)[C@H]2C=CO[C@H](O[C@@H]3O[C@H](CO)[C@@H](O)[C@H](O)[C@H]3O)[C@@H]12. The maximum atomic E-state index is 10.0. The first-order chi connectivity index (χ1) is 11.5. The van der Waals surface area contributed by atoms with Gasteiger partial charge in [-0.2, -0.15) is 0 Å². The Kier molecular flexibility index (Phi) is 5.23. The lowest BCUT2D eigenvalue weighted by Crippen LogP contribution is -2.60. The Hall–Kier alpha value is -1.04. The molecule has 0 bridgehead atoms. The first kappa shape index (κ1) is 17.8. The van der Waals surface area contributed by atoms with Crippen LogP contribution < -0.4 is 0 Å². The van der Waals surface area contributed by atoms with Crippen molar-refractivity contribution < 1.29 is 44.8 Å². The number of aliphatic hydroxyl groups is 6. The quantitative estimate of drug-likeness (QED) is 0.297. The highest BCUT2D eigenvalue weighted by Crippen LogP contribution is 2.40. The molecule has 0 aromatic carbocycles. The summed E-state index contributed by atoms with van der Waals surface area (Å²) >= 11 is 0. The molecule has 1 aliphatic carbocycles. The first-order valence-corrected chi connectivity index (χ1v) is 7.75. The lowest BCUT2D eigenvalue weighted by atomic mass is 9.88. The van der Waals surface area contributed by atoms with Crippen molar-refractivity contribution >= 4 is 0 Å². The van der Waals surface area contributed by atoms with E-state index in [1.807, 2.05) is 0 Å². The standard InChI is InChI=1S/C15H22O9/c16-4-6-3-8(18)7-1-2-22-14(10(6)7)24-15-13(21)12(20)11(19)9(5-17)23-15/h1-3,7-21H,4-5H2/t7-,8-,9-,10+,11-,12+,13-,14-,15+/m1/s1. The lowest BCUT2D eigenvalue weighted by Gasteiger charge is -2.42. The summed E-state index contributed by atoms with van der Waals surface area (Å²) in [5, 5.41) is 58.3. The second-order valence-corrected chi connectivity index (χ2v) is 6.16. The van der Waals surface area contributed by atoms with Gasteiger partial charge in [0.15, 0.2) is 6.29 Å². The van der Waals surface area contributed by atoms with Crippen molar-refractivity contribution in [3.63, 3.8) is 0 Å². The van der Waals surface area contributed by atoms with Crippen LogP contribution in [0.2, 0.25) is 0 Å². The molecular weight excluding hydrogens is 324 g/mol. The molecule has 24 heavy (non-hydrogen) atoms. The van der Waals surface area contributed by atoms with Gasteiger partial charge in [0.05, 0.1) is 31.5 Å². The highest BCUT2D eigenvalue weighted by molar-refractivity contribution is 5.25. The minimum atomic E-state index is -1.56. The van der Waals surface area contributed by atoms with Crippen LogP contribution in [0.5, 0.6) is 0 Å². The maximum Gasteiger partial charge on any atom is 0.209 e. The van der Waals surface area contributed by atoms with Crippen LogP contribution >= 0.6 is 0 Å². The molecule has 2 heterocycles. The van der Waals surface area contributed by atoms with Gasteiger partial charge < -0.3 is 44.8 Å². The minimum Gasteiger partial charge on any atom is -0.472 e. The molecule has 3 rings (SSSR count). The van der Waals surface area contributed by atoms with Crippen molar-refractivity contribution in [2.45, 2.75) is 43.1 Å².